The molecule has 0 aliphatic carbocycles. The average molecular weight is 453 g/mol. The van der Waals surface area contributed by atoms with Crippen LogP contribution in [0.5, 0.6) is 11.5 Å². The Balaban J connectivity index is 2.24. The number of ether oxygens (including phenoxy) is 2. The van der Waals surface area contributed by atoms with Gasteiger partial charge in [0.15, 0.2) is 11.5 Å². The Morgan fingerprint density at radius 2 is 1.91 bits per heavy atom. The number of benzene rings is 2. The van der Waals surface area contributed by atoms with Crippen molar-refractivity contribution in [3.05, 3.63) is 65.7 Å². The first-order chi connectivity index (χ1) is 15.7. The van der Waals surface area contributed by atoms with E-state index in [1.165, 1.54) is 24.7 Å². The second-order valence-corrected chi connectivity index (χ2v) is 7.94. The largest absolute Gasteiger partial charge is 0.504 e. The fourth-order valence-electron chi connectivity index (χ4n) is 3.25. The van der Waals surface area contributed by atoms with Crippen LogP contribution in [0.15, 0.2) is 54.6 Å². The van der Waals surface area contributed by atoms with Crippen LogP contribution in [0.1, 0.15) is 43.9 Å². The van der Waals surface area contributed by atoms with E-state index in [1.807, 2.05) is 19.9 Å². The van der Waals surface area contributed by atoms with E-state index in [2.05, 4.69) is 5.32 Å². The third-order valence-corrected chi connectivity index (χ3v) is 5.04. The van der Waals surface area contributed by atoms with Gasteiger partial charge in [0, 0.05) is 17.2 Å². The number of phenolic OH excluding ortho intramolecular Hbond substituents is 1. The Bertz CT molecular complexity index is 1040. The van der Waals surface area contributed by atoms with Gasteiger partial charge in [-0.25, -0.2) is 10.3 Å². The molecule has 4 N–H and O–H groups in total. The summed E-state index contributed by atoms with van der Waals surface area (Å²) in [7, 11) is 1.44. The van der Waals surface area contributed by atoms with Crippen molar-refractivity contribution < 1.29 is 29.4 Å². The first kappa shape index (κ1) is 25.2. The van der Waals surface area contributed by atoms with Crippen molar-refractivity contribution in [1.29, 1.82) is 5.26 Å². The van der Waals surface area contributed by atoms with Crippen LogP contribution in [0.25, 0.3) is 0 Å². The molecule has 0 bridgehead atoms. The maximum atomic E-state index is 12.7. The van der Waals surface area contributed by atoms with Crippen molar-refractivity contribution in [2.45, 2.75) is 32.8 Å². The lowest BCUT2D eigenvalue weighted by atomic mass is 9.78. The van der Waals surface area contributed by atoms with Crippen LogP contribution in [0, 0.1) is 16.7 Å². The van der Waals surface area contributed by atoms with Crippen molar-refractivity contribution in [1.82, 2.24) is 5.48 Å². The molecule has 0 aliphatic rings. The van der Waals surface area contributed by atoms with Crippen LogP contribution >= 0.6 is 0 Å². The van der Waals surface area contributed by atoms with Gasteiger partial charge in [-0.2, -0.15) is 5.26 Å². The molecule has 0 radical (unpaired) electrons. The Kier molecular flexibility index (Phi) is 8.83. The molecule has 0 aliphatic heterocycles. The molecular formula is C24H27N3O6. The van der Waals surface area contributed by atoms with E-state index in [9.17, 15) is 14.7 Å². The highest BCUT2D eigenvalue weighted by molar-refractivity contribution is 5.86. The fourth-order valence-corrected chi connectivity index (χ4v) is 3.25. The minimum atomic E-state index is -0.757. The van der Waals surface area contributed by atoms with Crippen molar-refractivity contribution in [2.24, 2.45) is 5.41 Å². The van der Waals surface area contributed by atoms with Crippen molar-refractivity contribution in [2.75, 3.05) is 12.4 Å². The van der Waals surface area contributed by atoms with E-state index in [0.29, 0.717) is 29.7 Å². The molecule has 0 saturated heterocycles. The minimum absolute atomic E-state index is 0.0913. The Morgan fingerprint density at radius 1 is 1.21 bits per heavy atom. The summed E-state index contributed by atoms with van der Waals surface area (Å²) in [5, 5.41) is 30.4. The summed E-state index contributed by atoms with van der Waals surface area (Å²) in [5.74, 6) is -0.441. The van der Waals surface area contributed by atoms with Crippen molar-refractivity contribution >= 4 is 17.7 Å². The predicted octanol–water partition coefficient (Wildman–Crippen LogP) is 4.43. The van der Waals surface area contributed by atoms with Gasteiger partial charge in [-0.3, -0.25) is 15.3 Å². The van der Waals surface area contributed by atoms with Gasteiger partial charge in [0.2, 0.25) is 0 Å². The smallest absolute Gasteiger partial charge is 0.412 e. The van der Waals surface area contributed by atoms with E-state index in [4.69, 9.17) is 19.9 Å². The number of hydroxylamine groups is 1. The lowest BCUT2D eigenvalue weighted by Crippen LogP contribution is -2.29. The summed E-state index contributed by atoms with van der Waals surface area (Å²) in [6.07, 6.45) is 2.34. The second kappa shape index (κ2) is 11.5. The Morgan fingerprint density at radius 3 is 2.48 bits per heavy atom. The number of rotatable bonds is 9. The normalized spacial score (nSPS) is 12.0. The number of aromatic hydroxyl groups is 1. The topological polar surface area (TPSA) is 141 Å². The number of amides is 2. The second-order valence-electron chi connectivity index (χ2n) is 7.94. The Hall–Kier alpha value is -4.03. The van der Waals surface area contributed by atoms with Gasteiger partial charge in [-0.15, -0.1) is 0 Å². The zero-order valence-electron chi connectivity index (χ0n) is 18.7. The molecule has 0 fully saturated rings. The lowest BCUT2D eigenvalue weighted by Gasteiger charge is -2.34. The summed E-state index contributed by atoms with van der Waals surface area (Å²) in [6.45, 7) is 3.79. The number of carbonyl (C=O) groups is 2. The summed E-state index contributed by atoms with van der Waals surface area (Å²) in [4.78, 5) is 23.8. The van der Waals surface area contributed by atoms with Crippen molar-refractivity contribution in [3.63, 3.8) is 0 Å². The fraction of sp³-hybridized carbons (Fsp3) is 0.292. The molecule has 9 nitrogen and oxygen atoms in total. The molecule has 0 saturated carbocycles. The highest BCUT2D eigenvalue weighted by Gasteiger charge is 2.34. The molecule has 174 valence electrons. The number of hydrogen-bond donors (Lipinski definition) is 4. The van der Waals surface area contributed by atoms with Gasteiger partial charge >= 0.3 is 6.09 Å². The number of nitrogens with one attached hydrogen (secondary N) is 2. The molecule has 2 amide bonds. The third-order valence-electron chi connectivity index (χ3n) is 5.04. The molecule has 1 atom stereocenters. The molecule has 0 heterocycles. The number of allylic oxidation sites excluding steroid dienone is 1. The van der Waals surface area contributed by atoms with Crippen LogP contribution in [-0.4, -0.2) is 29.4 Å². The number of nitriles is 1. The number of anilines is 1. The number of nitrogens with zero attached hydrogens (tertiary/aromatic N) is 1. The SMILES string of the molecule is COc1ccc([C@@H](OC(=O)Nc2ccc(C#N)cc2)C(C)(C)CC/C=C/C(=O)NO)cc1O. The zero-order valence-corrected chi connectivity index (χ0v) is 18.7. The Labute approximate surface area is 192 Å². The van der Waals surface area contributed by atoms with Crippen LogP contribution < -0.4 is 15.5 Å². The van der Waals surface area contributed by atoms with Crippen LogP contribution in [-0.2, 0) is 9.53 Å². The number of carbonyl (C=O) groups excluding carboxylic acids is 2. The molecule has 9 heteroatoms. The van der Waals surface area contributed by atoms with E-state index in [0.717, 1.165) is 0 Å². The summed E-state index contributed by atoms with van der Waals surface area (Å²) >= 11 is 0. The van der Waals surface area contributed by atoms with Gasteiger partial charge in [0.05, 0.1) is 18.7 Å². The number of methoxy groups -OCH3 is 1. The van der Waals surface area contributed by atoms with Gasteiger partial charge in [-0.1, -0.05) is 26.0 Å². The average Bonchev–Trinajstić information content (AvgIpc) is 2.80. The van der Waals surface area contributed by atoms with Gasteiger partial charge in [-0.05, 0) is 54.8 Å². The maximum Gasteiger partial charge on any atom is 0.412 e. The highest BCUT2D eigenvalue weighted by atomic mass is 16.6. The summed E-state index contributed by atoms with van der Waals surface area (Å²) in [5.41, 5.74) is 2.40. The van der Waals surface area contributed by atoms with Crippen LogP contribution in [0.3, 0.4) is 0 Å². The van der Waals surface area contributed by atoms with E-state index in [1.54, 1.807) is 42.5 Å². The third kappa shape index (κ3) is 7.26. The molecule has 0 unspecified atom stereocenters. The summed E-state index contributed by atoms with van der Waals surface area (Å²) < 4.78 is 10.9. The van der Waals surface area contributed by atoms with E-state index in [-0.39, 0.29) is 11.5 Å². The number of phenols is 1. The standard InChI is InChI=1S/C24H27N3O6/c1-24(2,13-5-4-6-21(29)27-31)22(17-9-12-20(32-3)19(28)14-17)33-23(30)26-18-10-7-16(15-25)8-11-18/h4,6-12,14,22,28,31H,5,13H2,1-3H3,(H,26,30)(H,27,29)/b6-4+/t22-/m1/s1. The predicted molar refractivity (Wildman–Crippen MR) is 121 cm³/mol. The molecule has 0 spiro atoms. The van der Waals surface area contributed by atoms with E-state index < -0.39 is 23.5 Å². The molecule has 0 aromatic heterocycles. The number of hydrogen-bond acceptors (Lipinski definition) is 7. The first-order valence-corrected chi connectivity index (χ1v) is 10.2. The summed E-state index contributed by atoms with van der Waals surface area (Å²) in [6, 6.07) is 13.1. The van der Waals surface area contributed by atoms with Crippen molar-refractivity contribution in [3.8, 4) is 17.6 Å². The monoisotopic (exact) mass is 453 g/mol. The first-order valence-electron chi connectivity index (χ1n) is 10.2. The molecule has 2 aromatic carbocycles. The lowest BCUT2D eigenvalue weighted by molar-refractivity contribution is -0.124. The minimum Gasteiger partial charge on any atom is -0.504 e. The molecule has 33 heavy (non-hydrogen) atoms. The van der Waals surface area contributed by atoms with Crippen LogP contribution in [0.2, 0.25) is 0 Å². The molecule has 2 aromatic rings. The van der Waals surface area contributed by atoms with Gasteiger partial charge in [0.25, 0.3) is 5.91 Å². The molecule has 2 rings (SSSR count). The molecular weight excluding hydrogens is 426 g/mol. The quantitative estimate of drug-likeness (QED) is 0.250. The van der Waals surface area contributed by atoms with Crippen LogP contribution in [0.4, 0.5) is 10.5 Å². The zero-order chi connectivity index (χ0) is 24.4. The van der Waals surface area contributed by atoms with Gasteiger partial charge in [0.1, 0.15) is 6.10 Å². The van der Waals surface area contributed by atoms with E-state index >= 15 is 0 Å². The highest BCUT2D eigenvalue weighted by Crippen LogP contribution is 2.42. The van der Waals surface area contributed by atoms with Gasteiger partial charge < -0.3 is 14.6 Å². The maximum absolute atomic E-state index is 12.7.